The van der Waals surface area contributed by atoms with E-state index in [0.717, 1.165) is 31.6 Å². The summed E-state index contributed by atoms with van der Waals surface area (Å²) in [6.45, 7) is 4.43. The number of carbonyl (C=O) groups excluding carboxylic acids is 1. The van der Waals surface area contributed by atoms with Gasteiger partial charge in [-0.15, -0.1) is 11.3 Å². The standard InChI is InChI=1S/C18H24N4OS/c1-13(18(23)19-8-6-15-3-2-10-24-15)21-9-7-17-16(11-21)20-12-22(17)14-4-5-14/h2-3,10,12-14H,4-9,11H2,1H3,(H,19,23)/t13-/m1/s1. The van der Waals surface area contributed by atoms with Crippen molar-refractivity contribution in [2.45, 2.75) is 51.2 Å². The molecule has 2 aromatic heterocycles. The summed E-state index contributed by atoms with van der Waals surface area (Å²) >= 11 is 1.74. The zero-order valence-corrected chi connectivity index (χ0v) is 14.9. The molecule has 4 rings (SSSR count). The minimum atomic E-state index is -0.104. The van der Waals surface area contributed by atoms with Crippen LogP contribution in [0.5, 0.6) is 0 Å². The van der Waals surface area contributed by atoms with Gasteiger partial charge in [-0.1, -0.05) is 6.07 Å². The van der Waals surface area contributed by atoms with Crippen LogP contribution in [0.2, 0.25) is 0 Å². The molecule has 0 spiro atoms. The number of hydrogen-bond acceptors (Lipinski definition) is 4. The predicted molar refractivity (Wildman–Crippen MR) is 95.1 cm³/mol. The third-order valence-corrected chi connectivity index (χ3v) is 6.03. The second kappa shape index (κ2) is 6.69. The largest absolute Gasteiger partial charge is 0.354 e. The summed E-state index contributed by atoms with van der Waals surface area (Å²) in [5.74, 6) is 0.122. The van der Waals surface area contributed by atoms with Gasteiger partial charge in [0.25, 0.3) is 0 Å². The molecular weight excluding hydrogens is 320 g/mol. The number of thiophene rings is 1. The number of aromatic nitrogens is 2. The van der Waals surface area contributed by atoms with Crippen molar-refractivity contribution in [3.05, 3.63) is 40.1 Å². The Morgan fingerprint density at radius 2 is 2.38 bits per heavy atom. The second-order valence-electron chi connectivity index (χ2n) is 6.79. The fourth-order valence-corrected chi connectivity index (χ4v) is 4.14. The SMILES string of the molecule is C[C@H](C(=O)NCCc1cccs1)N1CCc2c(ncn2C2CC2)C1. The normalized spacial score (nSPS) is 19.0. The molecule has 5 nitrogen and oxygen atoms in total. The number of rotatable bonds is 6. The van der Waals surface area contributed by atoms with Crippen molar-refractivity contribution < 1.29 is 4.79 Å². The highest BCUT2D eigenvalue weighted by Crippen LogP contribution is 2.37. The van der Waals surface area contributed by atoms with Gasteiger partial charge < -0.3 is 9.88 Å². The summed E-state index contributed by atoms with van der Waals surface area (Å²) in [6.07, 6.45) is 6.48. The number of amides is 1. The Kier molecular flexibility index (Phi) is 4.41. The molecule has 0 radical (unpaired) electrons. The van der Waals surface area contributed by atoms with Gasteiger partial charge >= 0.3 is 0 Å². The quantitative estimate of drug-likeness (QED) is 0.875. The van der Waals surface area contributed by atoms with E-state index in [0.29, 0.717) is 12.6 Å². The predicted octanol–water partition coefficient (Wildman–Crippen LogP) is 2.39. The number of nitrogens with zero attached hydrogens (tertiary/aromatic N) is 3. The highest BCUT2D eigenvalue weighted by molar-refractivity contribution is 7.09. The van der Waals surface area contributed by atoms with E-state index >= 15 is 0 Å². The number of fused-ring (bicyclic) bond motifs is 1. The molecule has 0 unspecified atom stereocenters. The number of hydrogen-bond donors (Lipinski definition) is 1. The van der Waals surface area contributed by atoms with E-state index in [-0.39, 0.29) is 11.9 Å². The first-order valence-electron chi connectivity index (χ1n) is 8.81. The van der Waals surface area contributed by atoms with Crippen LogP contribution in [0.15, 0.2) is 23.8 Å². The molecule has 6 heteroatoms. The fourth-order valence-electron chi connectivity index (χ4n) is 3.43. The summed E-state index contributed by atoms with van der Waals surface area (Å²) in [6, 6.07) is 4.75. The Hall–Kier alpha value is -1.66. The third kappa shape index (κ3) is 3.26. The van der Waals surface area contributed by atoms with E-state index in [9.17, 15) is 4.79 Å². The molecule has 3 heterocycles. The van der Waals surface area contributed by atoms with E-state index in [2.05, 4.69) is 37.3 Å². The van der Waals surface area contributed by atoms with Crippen molar-refractivity contribution in [2.75, 3.05) is 13.1 Å². The van der Waals surface area contributed by atoms with Gasteiger partial charge in [0.05, 0.1) is 18.1 Å². The molecule has 1 amide bonds. The molecule has 128 valence electrons. The summed E-state index contributed by atoms with van der Waals surface area (Å²) in [5.41, 5.74) is 2.55. The number of imidazole rings is 1. The van der Waals surface area contributed by atoms with E-state index in [1.54, 1.807) is 11.3 Å². The van der Waals surface area contributed by atoms with Crippen LogP contribution in [0.1, 0.15) is 42.1 Å². The number of carbonyl (C=O) groups is 1. The third-order valence-electron chi connectivity index (χ3n) is 5.09. The first-order valence-corrected chi connectivity index (χ1v) is 9.69. The monoisotopic (exact) mass is 344 g/mol. The summed E-state index contributed by atoms with van der Waals surface area (Å²) in [7, 11) is 0. The highest BCUT2D eigenvalue weighted by Gasteiger charge is 2.31. The van der Waals surface area contributed by atoms with Crippen molar-refractivity contribution in [3.63, 3.8) is 0 Å². The average Bonchev–Trinajstić information content (AvgIpc) is 3.14. The molecule has 24 heavy (non-hydrogen) atoms. The van der Waals surface area contributed by atoms with Gasteiger partial charge in [-0.3, -0.25) is 9.69 Å². The molecule has 1 atom stereocenters. The topological polar surface area (TPSA) is 50.2 Å². The molecular formula is C18H24N4OS. The molecule has 0 saturated heterocycles. The Morgan fingerprint density at radius 3 is 3.12 bits per heavy atom. The van der Waals surface area contributed by atoms with Gasteiger partial charge in [-0.05, 0) is 37.6 Å². The van der Waals surface area contributed by atoms with Crippen molar-refractivity contribution in [3.8, 4) is 0 Å². The van der Waals surface area contributed by atoms with Gasteiger partial charge in [0.2, 0.25) is 5.91 Å². The minimum Gasteiger partial charge on any atom is -0.354 e. The molecule has 1 aliphatic heterocycles. The van der Waals surface area contributed by atoms with E-state index in [1.807, 2.05) is 13.3 Å². The molecule has 0 bridgehead atoms. The minimum absolute atomic E-state index is 0.104. The van der Waals surface area contributed by atoms with Crippen LogP contribution in [0.3, 0.4) is 0 Å². The van der Waals surface area contributed by atoms with Crippen LogP contribution < -0.4 is 5.32 Å². The first-order chi connectivity index (χ1) is 11.7. The Morgan fingerprint density at radius 1 is 1.50 bits per heavy atom. The van der Waals surface area contributed by atoms with E-state index in [4.69, 9.17) is 0 Å². The molecule has 1 fully saturated rings. The summed E-state index contributed by atoms with van der Waals surface area (Å²) in [4.78, 5) is 20.6. The maximum absolute atomic E-state index is 12.4. The highest BCUT2D eigenvalue weighted by atomic mass is 32.1. The van der Waals surface area contributed by atoms with Crippen LogP contribution in [0.25, 0.3) is 0 Å². The molecule has 2 aliphatic rings. The lowest BCUT2D eigenvalue weighted by molar-refractivity contribution is -0.126. The number of nitrogens with one attached hydrogen (secondary N) is 1. The Bertz CT molecular complexity index is 705. The van der Waals surface area contributed by atoms with Crippen LogP contribution in [-0.4, -0.2) is 39.5 Å². The van der Waals surface area contributed by atoms with Gasteiger partial charge in [0.1, 0.15) is 0 Å². The first kappa shape index (κ1) is 15.8. The molecule has 0 aromatic carbocycles. The van der Waals surface area contributed by atoms with Crippen molar-refractivity contribution in [1.29, 1.82) is 0 Å². The Labute approximate surface area is 146 Å². The van der Waals surface area contributed by atoms with Crippen molar-refractivity contribution in [2.24, 2.45) is 0 Å². The summed E-state index contributed by atoms with van der Waals surface area (Å²) in [5, 5.41) is 5.15. The van der Waals surface area contributed by atoms with Crippen LogP contribution in [0, 0.1) is 0 Å². The zero-order chi connectivity index (χ0) is 16.5. The summed E-state index contributed by atoms with van der Waals surface area (Å²) < 4.78 is 2.36. The van der Waals surface area contributed by atoms with Crippen molar-refractivity contribution >= 4 is 17.2 Å². The lowest BCUT2D eigenvalue weighted by atomic mass is 10.1. The van der Waals surface area contributed by atoms with Crippen molar-refractivity contribution in [1.82, 2.24) is 19.8 Å². The van der Waals surface area contributed by atoms with Crippen LogP contribution >= 0.6 is 11.3 Å². The molecule has 1 N–H and O–H groups in total. The maximum Gasteiger partial charge on any atom is 0.237 e. The second-order valence-corrected chi connectivity index (χ2v) is 7.83. The van der Waals surface area contributed by atoms with E-state index < -0.39 is 0 Å². The van der Waals surface area contributed by atoms with Gasteiger partial charge in [-0.25, -0.2) is 4.98 Å². The Balaban J connectivity index is 1.31. The molecule has 2 aromatic rings. The smallest absolute Gasteiger partial charge is 0.237 e. The lowest BCUT2D eigenvalue weighted by Crippen LogP contribution is -2.47. The van der Waals surface area contributed by atoms with Gasteiger partial charge in [0.15, 0.2) is 0 Å². The zero-order valence-electron chi connectivity index (χ0n) is 14.1. The fraction of sp³-hybridized carbons (Fsp3) is 0.556. The molecule has 1 saturated carbocycles. The average molecular weight is 344 g/mol. The van der Waals surface area contributed by atoms with Crippen LogP contribution in [0.4, 0.5) is 0 Å². The lowest BCUT2D eigenvalue weighted by Gasteiger charge is -2.31. The maximum atomic E-state index is 12.4. The van der Waals surface area contributed by atoms with Crippen LogP contribution in [-0.2, 0) is 24.2 Å². The van der Waals surface area contributed by atoms with Gasteiger partial charge in [0, 0.05) is 42.7 Å². The molecule has 1 aliphatic carbocycles. The van der Waals surface area contributed by atoms with Gasteiger partial charge in [-0.2, -0.15) is 0 Å². The van der Waals surface area contributed by atoms with E-state index in [1.165, 1.54) is 23.4 Å².